The lowest BCUT2D eigenvalue weighted by molar-refractivity contribution is 0.0599. The van der Waals surface area contributed by atoms with Crippen molar-refractivity contribution in [1.29, 1.82) is 0 Å². The minimum Gasteiger partial charge on any atom is -0.465 e. The maximum atomic E-state index is 12.5. The number of benzene rings is 1. The molecule has 0 saturated heterocycles. The molecule has 6 nitrogen and oxygen atoms in total. The molecule has 0 aliphatic heterocycles. The molecule has 130 valence electrons. The number of ether oxygens (including phenoxy) is 1. The number of hydrogen-bond donors (Lipinski definition) is 2. The molecule has 0 aliphatic carbocycles. The molecule has 0 bridgehead atoms. The number of esters is 1. The normalized spacial score (nSPS) is 11.0. The van der Waals surface area contributed by atoms with E-state index < -0.39 is 5.97 Å². The summed E-state index contributed by atoms with van der Waals surface area (Å²) in [6, 6.07) is 5.38. The fourth-order valence-electron chi connectivity index (χ4n) is 2.67. The molecule has 2 N–H and O–H groups in total. The summed E-state index contributed by atoms with van der Waals surface area (Å²) < 4.78 is 4.76. The van der Waals surface area contributed by atoms with E-state index in [2.05, 4.69) is 15.0 Å². The number of hydrogen-bond acceptors (Lipinski definition) is 5. The molecule has 0 saturated carbocycles. The molecule has 3 rings (SSSR count). The molecule has 8 heteroatoms. The molecule has 0 amide bonds. The van der Waals surface area contributed by atoms with Gasteiger partial charge in [-0.15, -0.1) is 0 Å². The Balaban J connectivity index is 1.77. The van der Waals surface area contributed by atoms with Crippen molar-refractivity contribution >= 4 is 46.1 Å². The summed E-state index contributed by atoms with van der Waals surface area (Å²) in [7, 11) is 1.32. The summed E-state index contributed by atoms with van der Waals surface area (Å²) in [5.41, 5.74) is 3.67. The molecule has 0 spiro atoms. The Kier molecular flexibility index (Phi) is 4.87. The van der Waals surface area contributed by atoms with Crippen LogP contribution in [0.2, 0.25) is 5.02 Å². The van der Waals surface area contributed by atoms with Gasteiger partial charge in [0.05, 0.1) is 35.2 Å². The number of carbonyl (C=O) groups excluding carboxylic acids is 2. The zero-order valence-electron chi connectivity index (χ0n) is 13.9. The first-order valence-corrected chi connectivity index (χ1v) is 8.85. The third-order valence-corrected chi connectivity index (χ3v) is 4.98. The molecule has 2 heterocycles. The second-order valence-corrected chi connectivity index (χ2v) is 6.93. The van der Waals surface area contributed by atoms with Gasteiger partial charge in [0.25, 0.3) is 0 Å². The van der Waals surface area contributed by atoms with E-state index in [1.54, 1.807) is 26.0 Å². The van der Waals surface area contributed by atoms with E-state index in [4.69, 9.17) is 16.3 Å². The number of aromatic nitrogens is 3. The fourth-order valence-corrected chi connectivity index (χ4v) is 3.60. The van der Waals surface area contributed by atoms with Gasteiger partial charge in [-0.05, 0) is 37.6 Å². The van der Waals surface area contributed by atoms with Crippen LogP contribution in [0.15, 0.2) is 23.4 Å². The van der Waals surface area contributed by atoms with Crippen molar-refractivity contribution in [2.24, 2.45) is 0 Å². The first-order chi connectivity index (χ1) is 11.9. The number of H-pyrrole nitrogens is 2. The third kappa shape index (κ3) is 3.43. The predicted octanol–water partition coefficient (Wildman–Crippen LogP) is 3.92. The summed E-state index contributed by atoms with van der Waals surface area (Å²) in [6.07, 6.45) is 0. The van der Waals surface area contributed by atoms with Crippen LogP contribution in [-0.4, -0.2) is 39.6 Å². The van der Waals surface area contributed by atoms with Crippen LogP contribution in [0.25, 0.3) is 11.0 Å². The maximum absolute atomic E-state index is 12.5. The molecule has 2 aromatic heterocycles. The lowest BCUT2D eigenvalue weighted by Gasteiger charge is -2.00. The molecule has 0 fully saturated rings. The van der Waals surface area contributed by atoms with Gasteiger partial charge in [-0.2, -0.15) is 0 Å². The van der Waals surface area contributed by atoms with Crippen molar-refractivity contribution in [2.75, 3.05) is 12.9 Å². The minimum atomic E-state index is -0.452. The van der Waals surface area contributed by atoms with E-state index in [0.717, 1.165) is 11.0 Å². The number of imidazole rings is 1. The van der Waals surface area contributed by atoms with E-state index in [0.29, 0.717) is 32.7 Å². The van der Waals surface area contributed by atoms with Gasteiger partial charge in [0.15, 0.2) is 10.9 Å². The molecular formula is C17H16ClN3O3S. The first kappa shape index (κ1) is 17.6. The van der Waals surface area contributed by atoms with Gasteiger partial charge < -0.3 is 14.7 Å². The number of nitrogens with one attached hydrogen (secondary N) is 2. The molecule has 1 aromatic carbocycles. The molecular weight excluding hydrogens is 362 g/mol. The van der Waals surface area contributed by atoms with Crippen LogP contribution >= 0.6 is 23.4 Å². The van der Waals surface area contributed by atoms with Crippen LogP contribution in [0.5, 0.6) is 0 Å². The van der Waals surface area contributed by atoms with Crippen LogP contribution in [0, 0.1) is 13.8 Å². The zero-order chi connectivity index (χ0) is 18.1. The van der Waals surface area contributed by atoms with Crippen LogP contribution in [0.1, 0.15) is 32.1 Å². The molecule has 0 radical (unpaired) electrons. The Bertz CT molecular complexity index is 977. The fraction of sp³-hybridized carbons (Fsp3) is 0.235. The number of halogens is 1. The lowest BCUT2D eigenvalue weighted by atomic mass is 10.1. The van der Waals surface area contributed by atoms with Crippen molar-refractivity contribution in [3.05, 3.63) is 45.7 Å². The van der Waals surface area contributed by atoms with Crippen molar-refractivity contribution < 1.29 is 14.3 Å². The zero-order valence-corrected chi connectivity index (χ0v) is 15.5. The highest BCUT2D eigenvalue weighted by Crippen LogP contribution is 2.24. The van der Waals surface area contributed by atoms with E-state index in [1.807, 2.05) is 6.07 Å². The molecule has 25 heavy (non-hydrogen) atoms. The number of aryl methyl sites for hydroxylation is 1. The average Bonchev–Trinajstić information content (AvgIpc) is 3.11. The first-order valence-electron chi connectivity index (χ1n) is 7.49. The molecule has 0 aliphatic rings. The number of nitrogens with zero attached hydrogens (tertiary/aromatic N) is 1. The number of fused-ring (bicyclic) bond motifs is 1. The topological polar surface area (TPSA) is 87.8 Å². The highest BCUT2D eigenvalue weighted by molar-refractivity contribution is 7.99. The van der Waals surface area contributed by atoms with Crippen LogP contribution in [0.3, 0.4) is 0 Å². The Morgan fingerprint density at radius 1 is 1.28 bits per heavy atom. The van der Waals surface area contributed by atoms with Crippen molar-refractivity contribution in [3.63, 3.8) is 0 Å². The van der Waals surface area contributed by atoms with Gasteiger partial charge in [-0.3, -0.25) is 4.79 Å². The summed E-state index contributed by atoms with van der Waals surface area (Å²) in [5, 5.41) is 1.26. The SMILES string of the molecule is COC(=O)c1c(C)[nH]c(C(=O)CSc2nc3ccc(Cl)cc3[nH]2)c1C. The number of carbonyl (C=O) groups is 2. The number of rotatable bonds is 5. The van der Waals surface area contributed by atoms with Gasteiger partial charge >= 0.3 is 5.97 Å². The monoisotopic (exact) mass is 377 g/mol. The second kappa shape index (κ2) is 6.93. The molecule has 0 unspecified atom stereocenters. The van der Waals surface area contributed by atoms with Gasteiger partial charge in [0.1, 0.15) is 0 Å². The van der Waals surface area contributed by atoms with Crippen molar-refractivity contribution in [2.45, 2.75) is 19.0 Å². The molecule has 3 aromatic rings. The second-order valence-electron chi connectivity index (χ2n) is 5.53. The van der Waals surface area contributed by atoms with E-state index in [1.165, 1.54) is 18.9 Å². The van der Waals surface area contributed by atoms with Crippen LogP contribution < -0.4 is 0 Å². The average molecular weight is 378 g/mol. The summed E-state index contributed by atoms with van der Waals surface area (Å²) in [5.74, 6) is -0.374. The smallest absolute Gasteiger partial charge is 0.339 e. The predicted molar refractivity (Wildman–Crippen MR) is 97.8 cm³/mol. The van der Waals surface area contributed by atoms with Crippen molar-refractivity contribution in [1.82, 2.24) is 15.0 Å². The largest absolute Gasteiger partial charge is 0.465 e. The van der Waals surface area contributed by atoms with Gasteiger partial charge in [-0.25, -0.2) is 9.78 Å². The summed E-state index contributed by atoms with van der Waals surface area (Å²) in [6.45, 7) is 3.48. The van der Waals surface area contributed by atoms with E-state index in [9.17, 15) is 9.59 Å². The minimum absolute atomic E-state index is 0.112. The standard InChI is InChI=1S/C17H16ClN3O3S/c1-8-14(16(23)24-3)9(2)19-15(8)13(22)7-25-17-20-11-5-4-10(18)6-12(11)21-17/h4-6,19H,7H2,1-3H3,(H,20,21). The Morgan fingerprint density at radius 3 is 2.76 bits per heavy atom. The highest BCUT2D eigenvalue weighted by atomic mass is 35.5. The van der Waals surface area contributed by atoms with Gasteiger partial charge in [0.2, 0.25) is 0 Å². The van der Waals surface area contributed by atoms with E-state index in [-0.39, 0.29) is 11.5 Å². The number of ketones is 1. The van der Waals surface area contributed by atoms with Gasteiger partial charge in [-0.1, -0.05) is 23.4 Å². The van der Waals surface area contributed by atoms with Crippen LogP contribution in [0.4, 0.5) is 0 Å². The Hall–Kier alpha value is -2.25. The van der Waals surface area contributed by atoms with Crippen molar-refractivity contribution in [3.8, 4) is 0 Å². The number of aromatic amines is 2. The summed E-state index contributed by atoms with van der Waals surface area (Å²) >= 11 is 7.25. The lowest BCUT2D eigenvalue weighted by Crippen LogP contribution is -2.07. The van der Waals surface area contributed by atoms with Gasteiger partial charge in [0, 0.05) is 10.7 Å². The maximum Gasteiger partial charge on any atom is 0.339 e. The third-order valence-electron chi connectivity index (χ3n) is 3.87. The van der Waals surface area contributed by atoms with E-state index >= 15 is 0 Å². The van der Waals surface area contributed by atoms with Crippen LogP contribution in [-0.2, 0) is 4.74 Å². The highest BCUT2D eigenvalue weighted by Gasteiger charge is 2.22. The number of Topliss-reactive ketones (excluding diaryl/α,β-unsaturated/α-hetero) is 1. The quantitative estimate of drug-likeness (QED) is 0.399. The number of methoxy groups -OCH3 is 1. The Morgan fingerprint density at radius 2 is 2.04 bits per heavy atom. The molecule has 0 atom stereocenters. The summed E-state index contributed by atoms with van der Waals surface area (Å²) in [4.78, 5) is 34.9. The Labute approximate surface area is 153 Å². The number of thioether (sulfide) groups is 1.